The fraction of sp³-hybridized carbons (Fsp3) is 0.300. The van der Waals surface area contributed by atoms with Gasteiger partial charge in [0.25, 0.3) is 0 Å². The van der Waals surface area contributed by atoms with Gasteiger partial charge in [0.2, 0.25) is 0 Å². The van der Waals surface area contributed by atoms with E-state index in [0.29, 0.717) is 12.1 Å². The van der Waals surface area contributed by atoms with Crippen LogP contribution in [0.4, 0.5) is 0 Å². The van der Waals surface area contributed by atoms with Gasteiger partial charge in [-0.1, -0.05) is 25.1 Å². The lowest BCUT2D eigenvalue weighted by atomic mass is 10.1. The Morgan fingerprint density at radius 3 is 2.64 bits per heavy atom. The van der Waals surface area contributed by atoms with Crippen LogP contribution >= 0.6 is 12.4 Å². The van der Waals surface area contributed by atoms with Crippen molar-refractivity contribution in [3.63, 3.8) is 0 Å². The van der Waals surface area contributed by atoms with Crippen molar-refractivity contribution in [3.8, 4) is 0 Å². The first-order valence-corrected chi connectivity index (χ1v) is 4.27. The topological polar surface area (TPSA) is 49.3 Å². The molecule has 4 heteroatoms. The molecule has 1 rings (SSSR count). The molecule has 78 valence electrons. The molecule has 0 saturated heterocycles. The molecule has 14 heavy (non-hydrogen) atoms. The number of nitrogens with one attached hydrogen (secondary N) is 1. The van der Waals surface area contributed by atoms with E-state index in [2.05, 4.69) is 5.32 Å². The fourth-order valence-electron chi connectivity index (χ4n) is 1.14. The number of aromatic carboxylic acids is 1. The molecule has 0 radical (unpaired) electrons. The van der Waals surface area contributed by atoms with Crippen molar-refractivity contribution in [2.24, 2.45) is 0 Å². The van der Waals surface area contributed by atoms with Crippen LogP contribution in [0.5, 0.6) is 0 Å². The second-order valence-corrected chi connectivity index (χ2v) is 2.74. The van der Waals surface area contributed by atoms with Gasteiger partial charge in [-0.25, -0.2) is 4.79 Å². The Morgan fingerprint density at radius 2 is 2.07 bits per heavy atom. The van der Waals surface area contributed by atoms with Crippen LogP contribution in [-0.4, -0.2) is 17.6 Å². The summed E-state index contributed by atoms with van der Waals surface area (Å²) in [6.45, 7) is 3.44. The zero-order valence-electron chi connectivity index (χ0n) is 7.99. The minimum absolute atomic E-state index is 0. The Labute approximate surface area is 89.5 Å². The van der Waals surface area contributed by atoms with E-state index in [0.717, 1.165) is 12.1 Å². The summed E-state index contributed by atoms with van der Waals surface area (Å²) in [6, 6.07) is 7.03. The van der Waals surface area contributed by atoms with Gasteiger partial charge in [0, 0.05) is 6.54 Å². The van der Waals surface area contributed by atoms with Crippen LogP contribution in [-0.2, 0) is 6.54 Å². The molecule has 1 aromatic carbocycles. The van der Waals surface area contributed by atoms with Gasteiger partial charge in [-0.2, -0.15) is 0 Å². The summed E-state index contributed by atoms with van der Waals surface area (Å²) in [5.74, 6) is -0.867. The lowest BCUT2D eigenvalue weighted by molar-refractivity contribution is 0.0695. The second-order valence-electron chi connectivity index (χ2n) is 2.74. The molecule has 0 atom stereocenters. The van der Waals surface area contributed by atoms with Gasteiger partial charge >= 0.3 is 5.97 Å². The van der Waals surface area contributed by atoms with Crippen molar-refractivity contribution < 1.29 is 9.90 Å². The monoisotopic (exact) mass is 215 g/mol. The summed E-state index contributed by atoms with van der Waals surface area (Å²) < 4.78 is 0. The molecular weight excluding hydrogens is 202 g/mol. The predicted molar refractivity (Wildman–Crippen MR) is 58.0 cm³/mol. The lowest BCUT2D eigenvalue weighted by Crippen LogP contribution is -2.14. The van der Waals surface area contributed by atoms with E-state index < -0.39 is 5.97 Å². The first-order valence-electron chi connectivity index (χ1n) is 4.27. The molecule has 0 heterocycles. The third kappa shape index (κ3) is 3.36. The highest BCUT2D eigenvalue weighted by Crippen LogP contribution is 2.07. The Bertz CT molecular complexity index is 302. The molecular formula is C10H14ClNO2. The van der Waals surface area contributed by atoms with Gasteiger partial charge in [-0.3, -0.25) is 0 Å². The third-order valence-electron chi connectivity index (χ3n) is 1.81. The Morgan fingerprint density at radius 1 is 1.43 bits per heavy atom. The number of carboxylic acid groups (broad SMARTS) is 1. The van der Waals surface area contributed by atoms with Gasteiger partial charge in [-0.15, -0.1) is 12.4 Å². The molecule has 0 aliphatic heterocycles. The number of rotatable bonds is 4. The summed E-state index contributed by atoms with van der Waals surface area (Å²) in [6.07, 6.45) is 0. The van der Waals surface area contributed by atoms with E-state index in [1.807, 2.05) is 19.1 Å². The second kappa shape index (κ2) is 6.40. The smallest absolute Gasteiger partial charge is 0.336 e. The normalized spacial score (nSPS) is 9.21. The van der Waals surface area contributed by atoms with Crippen LogP contribution in [0.3, 0.4) is 0 Å². The lowest BCUT2D eigenvalue weighted by Gasteiger charge is -2.05. The van der Waals surface area contributed by atoms with E-state index in [-0.39, 0.29) is 12.4 Å². The van der Waals surface area contributed by atoms with Crippen molar-refractivity contribution in [1.29, 1.82) is 0 Å². The first kappa shape index (κ1) is 12.9. The SMILES string of the molecule is CCNCc1ccccc1C(=O)O.Cl. The van der Waals surface area contributed by atoms with E-state index in [4.69, 9.17) is 5.11 Å². The van der Waals surface area contributed by atoms with Gasteiger partial charge in [-0.05, 0) is 18.2 Å². The number of carbonyl (C=O) groups is 1. The van der Waals surface area contributed by atoms with Crippen molar-refractivity contribution in [1.82, 2.24) is 5.32 Å². The van der Waals surface area contributed by atoms with Gasteiger partial charge in [0.15, 0.2) is 0 Å². The van der Waals surface area contributed by atoms with E-state index >= 15 is 0 Å². The van der Waals surface area contributed by atoms with Gasteiger partial charge in [0.05, 0.1) is 5.56 Å². The molecule has 1 aromatic rings. The van der Waals surface area contributed by atoms with E-state index in [9.17, 15) is 4.79 Å². The van der Waals surface area contributed by atoms with Gasteiger partial charge < -0.3 is 10.4 Å². The molecule has 3 nitrogen and oxygen atoms in total. The van der Waals surface area contributed by atoms with Crippen molar-refractivity contribution in [3.05, 3.63) is 35.4 Å². The fourth-order valence-corrected chi connectivity index (χ4v) is 1.14. The third-order valence-corrected chi connectivity index (χ3v) is 1.81. The molecule has 0 aliphatic rings. The zero-order valence-corrected chi connectivity index (χ0v) is 8.80. The summed E-state index contributed by atoms with van der Waals surface area (Å²) >= 11 is 0. The highest BCUT2D eigenvalue weighted by molar-refractivity contribution is 5.89. The molecule has 0 saturated carbocycles. The molecule has 0 bridgehead atoms. The largest absolute Gasteiger partial charge is 0.478 e. The number of halogens is 1. The summed E-state index contributed by atoms with van der Waals surface area (Å²) in [5.41, 5.74) is 1.21. The number of hydrogen-bond acceptors (Lipinski definition) is 2. The van der Waals surface area contributed by atoms with Crippen LogP contribution in [0.25, 0.3) is 0 Å². The van der Waals surface area contributed by atoms with Crippen molar-refractivity contribution >= 4 is 18.4 Å². The molecule has 0 unspecified atom stereocenters. The maximum absolute atomic E-state index is 10.8. The maximum Gasteiger partial charge on any atom is 0.336 e. The van der Waals surface area contributed by atoms with Gasteiger partial charge in [0.1, 0.15) is 0 Å². The Balaban J connectivity index is 0.00000169. The molecule has 0 amide bonds. The standard InChI is InChI=1S/C10H13NO2.ClH/c1-2-11-7-8-5-3-4-6-9(8)10(12)13;/h3-6,11H,2,7H2,1H3,(H,12,13);1H. The highest BCUT2D eigenvalue weighted by Gasteiger charge is 2.07. The van der Waals surface area contributed by atoms with Crippen LogP contribution < -0.4 is 5.32 Å². The predicted octanol–water partition coefficient (Wildman–Crippen LogP) is 1.92. The summed E-state index contributed by atoms with van der Waals surface area (Å²) in [7, 11) is 0. The molecule has 0 spiro atoms. The van der Waals surface area contributed by atoms with Crippen LogP contribution in [0.15, 0.2) is 24.3 Å². The number of benzene rings is 1. The van der Waals surface area contributed by atoms with E-state index in [1.54, 1.807) is 12.1 Å². The van der Waals surface area contributed by atoms with Crippen LogP contribution in [0, 0.1) is 0 Å². The molecule has 0 fully saturated rings. The first-order chi connectivity index (χ1) is 6.25. The van der Waals surface area contributed by atoms with Crippen molar-refractivity contribution in [2.45, 2.75) is 13.5 Å². The average Bonchev–Trinajstić information content (AvgIpc) is 2.15. The minimum Gasteiger partial charge on any atom is -0.478 e. The Hall–Kier alpha value is -1.06. The van der Waals surface area contributed by atoms with E-state index in [1.165, 1.54) is 0 Å². The highest BCUT2D eigenvalue weighted by atomic mass is 35.5. The Kier molecular flexibility index (Phi) is 5.92. The maximum atomic E-state index is 10.8. The average molecular weight is 216 g/mol. The van der Waals surface area contributed by atoms with Crippen LogP contribution in [0.2, 0.25) is 0 Å². The van der Waals surface area contributed by atoms with Crippen LogP contribution in [0.1, 0.15) is 22.8 Å². The number of hydrogen-bond donors (Lipinski definition) is 2. The summed E-state index contributed by atoms with van der Waals surface area (Å²) in [4.78, 5) is 10.8. The molecule has 0 aromatic heterocycles. The quantitative estimate of drug-likeness (QED) is 0.807. The minimum atomic E-state index is -0.867. The summed E-state index contributed by atoms with van der Waals surface area (Å²) in [5, 5.41) is 11.9. The molecule has 0 aliphatic carbocycles. The molecule has 2 N–H and O–H groups in total. The van der Waals surface area contributed by atoms with Crippen molar-refractivity contribution in [2.75, 3.05) is 6.54 Å². The number of carboxylic acids is 1. The zero-order chi connectivity index (χ0) is 9.68.